The predicted molar refractivity (Wildman–Crippen MR) is 71.5 cm³/mol. The van der Waals surface area contributed by atoms with Crippen LogP contribution in [-0.4, -0.2) is 37.7 Å². The number of benzene rings is 1. The summed E-state index contributed by atoms with van der Waals surface area (Å²) >= 11 is 0. The second-order valence-corrected chi connectivity index (χ2v) is 4.79. The number of hydrogen-bond acceptors (Lipinski definition) is 3. The molecule has 1 fully saturated rings. The summed E-state index contributed by atoms with van der Waals surface area (Å²) in [7, 11) is 0. The molecule has 2 rings (SSSR count). The number of carbonyl (C=O) groups excluding carboxylic acids is 1. The van der Waals surface area contributed by atoms with Crippen molar-refractivity contribution in [3.63, 3.8) is 0 Å². The van der Waals surface area contributed by atoms with Crippen molar-refractivity contribution < 1.29 is 27.1 Å². The minimum absolute atomic E-state index is 0.175. The van der Waals surface area contributed by atoms with E-state index in [1.165, 1.54) is 12.1 Å². The summed E-state index contributed by atoms with van der Waals surface area (Å²) in [5.74, 6) is -0.388. The van der Waals surface area contributed by atoms with Gasteiger partial charge in [0.15, 0.2) is 0 Å². The first-order valence-corrected chi connectivity index (χ1v) is 6.61. The lowest BCUT2D eigenvalue weighted by Crippen LogP contribution is -2.51. The van der Waals surface area contributed by atoms with Gasteiger partial charge in [0.25, 0.3) is 0 Å². The molecule has 122 valence electrons. The molecule has 22 heavy (non-hydrogen) atoms. The lowest BCUT2D eigenvalue weighted by atomic mass is 10.1. The van der Waals surface area contributed by atoms with E-state index in [1.54, 1.807) is 0 Å². The van der Waals surface area contributed by atoms with Crippen molar-refractivity contribution in [1.82, 2.24) is 10.6 Å². The van der Waals surface area contributed by atoms with E-state index in [2.05, 4.69) is 20.7 Å². The van der Waals surface area contributed by atoms with Crippen LogP contribution in [0.15, 0.2) is 24.3 Å². The number of halogens is 4. The highest BCUT2D eigenvalue weighted by Crippen LogP contribution is 2.23. The monoisotopic (exact) mass is 321 g/mol. The third-order valence-electron chi connectivity index (χ3n) is 3.07. The Kier molecular flexibility index (Phi) is 5.07. The fourth-order valence-corrected chi connectivity index (χ4v) is 2.06. The number of nitrogens with one attached hydrogen (secondary N) is 3. The number of carbonyl (C=O) groups is 1. The van der Waals surface area contributed by atoms with Gasteiger partial charge in [-0.2, -0.15) is 0 Å². The summed E-state index contributed by atoms with van der Waals surface area (Å²) in [6.07, 6.45) is -5.48. The van der Waals surface area contributed by atoms with Gasteiger partial charge >= 0.3 is 12.4 Å². The number of hydrogen-bond donors (Lipinski definition) is 3. The molecular weight excluding hydrogens is 306 g/mol. The largest absolute Gasteiger partial charge is 0.573 e. The molecule has 1 aromatic rings. The molecule has 1 aromatic carbocycles. The van der Waals surface area contributed by atoms with Gasteiger partial charge in [0.1, 0.15) is 11.9 Å². The Balaban J connectivity index is 1.86. The first-order chi connectivity index (χ1) is 10.3. The maximum atomic E-state index is 13.5. The third kappa shape index (κ3) is 5.06. The molecule has 0 saturated carbocycles. The van der Waals surface area contributed by atoms with Gasteiger partial charge in [-0.3, -0.25) is 0 Å². The molecule has 3 N–H and O–H groups in total. The quantitative estimate of drug-likeness (QED) is 0.749. The van der Waals surface area contributed by atoms with Crippen LogP contribution in [0.25, 0.3) is 0 Å². The SMILES string of the molecule is O=C(Nc1ccc(OC(F)(F)F)cc1)N[C@@H]1CCNC[C@@H]1F. The number of amides is 2. The first kappa shape index (κ1) is 16.3. The van der Waals surface area contributed by atoms with Gasteiger partial charge in [0, 0.05) is 12.2 Å². The van der Waals surface area contributed by atoms with E-state index in [0.717, 1.165) is 12.1 Å². The van der Waals surface area contributed by atoms with E-state index < -0.39 is 24.6 Å². The van der Waals surface area contributed by atoms with Gasteiger partial charge in [0.05, 0.1) is 6.04 Å². The summed E-state index contributed by atoms with van der Waals surface area (Å²) in [6.45, 7) is 0.781. The number of anilines is 1. The standard InChI is InChI=1S/C13H15F4N3O2/c14-10-7-18-6-5-11(10)20-12(21)19-8-1-3-9(4-2-8)22-13(15,16)17/h1-4,10-11,18H,5-7H2,(H2,19,20,21)/t10-,11+/m0/s1. The van der Waals surface area contributed by atoms with Gasteiger partial charge in [-0.15, -0.1) is 13.2 Å². The summed E-state index contributed by atoms with van der Waals surface area (Å²) in [5.41, 5.74) is 0.274. The van der Waals surface area contributed by atoms with Crippen molar-refractivity contribution in [3.8, 4) is 5.75 Å². The van der Waals surface area contributed by atoms with Crippen molar-refractivity contribution in [1.29, 1.82) is 0 Å². The number of alkyl halides is 4. The summed E-state index contributed by atoms with van der Waals surface area (Å²) in [4.78, 5) is 11.7. The Bertz CT molecular complexity index is 507. The lowest BCUT2D eigenvalue weighted by molar-refractivity contribution is -0.274. The minimum Gasteiger partial charge on any atom is -0.406 e. The molecule has 0 unspecified atom stereocenters. The van der Waals surface area contributed by atoms with Crippen molar-refractivity contribution in [3.05, 3.63) is 24.3 Å². The molecule has 2 atom stereocenters. The maximum Gasteiger partial charge on any atom is 0.573 e. The van der Waals surface area contributed by atoms with Gasteiger partial charge in [0.2, 0.25) is 0 Å². The fourth-order valence-electron chi connectivity index (χ4n) is 2.06. The van der Waals surface area contributed by atoms with E-state index >= 15 is 0 Å². The Morgan fingerprint density at radius 1 is 1.27 bits per heavy atom. The highest BCUT2D eigenvalue weighted by Gasteiger charge is 2.31. The molecule has 2 amide bonds. The predicted octanol–water partition coefficient (Wildman–Crippen LogP) is 2.41. The van der Waals surface area contributed by atoms with Crippen LogP contribution in [0, 0.1) is 0 Å². The lowest BCUT2D eigenvalue weighted by Gasteiger charge is -2.27. The Labute approximate surface area is 124 Å². The average Bonchev–Trinajstić information content (AvgIpc) is 2.42. The Morgan fingerprint density at radius 2 is 1.95 bits per heavy atom. The zero-order chi connectivity index (χ0) is 16.2. The molecule has 9 heteroatoms. The van der Waals surface area contributed by atoms with Crippen LogP contribution in [0.2, 0.25) is 0 Å². The first-order valence-electron chi connectivity index (χ1n) is 6.61. The van der Waals surface area contributed by atoms with Crippen LogP contribution in [0.4, 0.5) is 28.0 Å². The van der Waals surface area contributed by atoms with Crippen molar-refractivity contribution in [2.75, 3.05) is 18.4 Å². The van der Waals surface area contributed by atoms with E-state index in [4.69, 9.17) is 0 Å². The molecular formula is C13H15F4N3O2. The smallest absolute Gasteiger partial charge is 0.406 e. The van der Waals surface area contributed by atoms with Crippen molar-refractivity contribution in [2.24, 2.45) is 0 Å². The Hall–Kier alpha value is -2.03. The fraction of sp³-hybridized carbons (Fsp3) is 0.462. The topological polar surface area (TPSA) is 62.4 Å². The molecule has 1 saturated heterocycles. The minimum atomic E-state index is -4.77. The van der Waals surface area contributed by atoms with Crippen LogP contribution < -0.4 is 20.7 Å². The van der Waals surface area contributed by atoms with E-state index in [1.807, 2.05) is 0 Å². The highest BCUT2D eigenvalue weighted by atomic mass is 19.4. The molecule has 0 spiro atoms. The van der Waals surface area contributed by atoms with Gasteiger partial charge < -0.3 is 20.7 Å². The van der Waals surface area contributed by atoms with Gasteiger partial charge in [-0.05, 0) is 37.2 Å². The maximum absolute atomic E-state index is 13.5. The molecule has 0 aromatic heterocycles. The zero-order valence-corrected chi connectivity index (χ0v) is 11.4. The molecule has 0 radical (unpaired) electrons. The third-order valence-corrected chi connectivity index (χ3v) is 3.07. The van der Waals surface area contributed by atoms with E-state index in [-0.39, 0.29) is 18.0 Å². The summed E-state index contributed by atoms with van der Waals surface area (Å²) in [5, 5.41) is 7.78. The Morgan fingerprint density at radius 3 is 2.55 bits per heavy atom. The van der Waals surface area contributed by atoms with Gasteiger partial charge in [-0.25, -0.2) is 9.18 Å². The molecule has 1 aliphatic heterocycles. The van der Waals surface area contributed by atoms with Gasteiger partial charge in [-0.1, -0.05) is 0 Å². The van der Waals surface area contributed by atoms with Crippen LogP contribution in [-0.2, 0) is 0 Å². The van der Waals surface area contributed by atoms with E-state index in [0.29, 0.717) is 13.0 Å². The van der Waals surface area contributed by atoms with E-state index in [9.17, 15) is 22.4 Å². The zero-order valence-electron chi connectivity index (χ0n) is 11.4. The number of urea groups is 1. The van der Waals surface area contributed by atoms with Crippen LogP contribution in [0.3, 0.4) is 0 Å². The van der Waals surface area contributed by atoms with Crippen LogP contribution in [0.5, 0.6) is 5.75 Å². The normalized spacial score (nSPS) is 22.0. The molecule has 0 bridgehead atoms. The highest BCUT2D eigenvalue weighted by molar-refractivity contribution is 5.89. The molecule has 1 aliphatic rings. The average molecular weight is 321 g/mol. The number of rotatable bonds is 3. The molecule has 0 aliphatic carbocycles. The van der Waals surface area contributed by atoms with Crippen LogP contribution in [0.1, 0.15) is 6.42 Å². The summed E-state index contributed by atoms with van der Waals surface area (Å²) in [6, 6.07) is 3.47. The van der Waals surface area contributed by atoms with Crippen LogP contribution >= 0.6 is 0 Å². The second-order valence-electron chi connectivity index (χ2n) is 4.79. The number of piperidine rings is 1. The van der Waals surface area contributed by atoms with Crippen molar-refractivity contribution >= 4 is 11.7 Å². The second kappa shape index (κ2) is 6.82. The molecule has 5 nitrogen and oxygen atoms in total. The number of ether oxygens (including phenoxy) is 1. The summed E-state index contributed by atoms with van der Waals surface area (Å²) < 4.78 is 53.3. The van der Waals surface area contributed by atoms with Crippen molar-refractivity contribution in [2.45, 2.75) is 25.0 Å². The molecule has 1 heterocycles.